The Hall–Kier alpha value is -0.580. The first kappa shape index (κ1) is 9.51. The lowest BCUT2D eigenvalue weighted by molar-refractivity contribution is -0.107. The van der Waals surface area contributed by atoms with Crippen LogP contribution in [-0.4, -0.2) is 11.4 Å². The van der Waals surface area contributed by atoms with Crippen molar-refractivity contribution in [2.24, 2.45) is 0 Å². The average Bonchev–Trinajstić information content (AvgIpc) is 2.08. The Morgan fingerprint density at radius 3 is 2.92 bits per heavy atom. The lowest BCUT2D eigenvalue weighted by atomic mass is 10.1. The number of aryl methyl sites for hydroxylation is 1. The fourth-order valence-corrected chi connectivity index (χ4v) is 1.53. The molecule has 1 rings (SSSR count). The molecule has 0 spiro atoms. The Kier molecular flexibility index (Phi) is 3.52. The third kappa shape index (κ3) is 2.20. The van der Waals surface area contributed by atoms with Crippen molar-refractivity contribution in [2.75, 3.05) is 0 Å². The minimum absolute atomic E-state index is 0.306. The van der Waals surface area contributed by atoms with E-state index in [9.17, 15) is 9.90 Å². The van der Waals surface area contributed by atoms with E-state index < -0.39 is 0 Å². The molecular formula is C9H9IO2. The molecule has 1 aromatic carbocycles. The van der Waals surface area contributed by atoms with Crippen molar-refractivity contribution in [3.8, 4) is 5.75 Å². The van der Waals surface area contributed by atoms with E-state index in [0.717, 1.165) is 15.4 Å². The number of halogens is 1. The first-order valence-corrected chi connectivity index (χ1v) is 4.73. The predicted octanol–water partition coefficient (Wildman–Crippen LogP) is 2.13. The summed E-state index contributed by atoms with van der Waals surface area (Å²) in [6.07, 6.45) is 1.94. The van der Waals surface area contributed by atoms with E-state index in [2.05, 4.69) is 22.6 Å². The molecule has 3 heteroatoms. The zero-order valence-electron chi connectivity index (χ0n) is 6.46. The van der Waals surface area contributed by atoms with Crippen molar-refractivity contribution in [3.05, 3.63) is 27.3 Å². The highest BCUT2D eigenvalue weighted by molar-refractivity contribution is 14.1. The Morgan fingerprint density at radius 1 is 1.50 bits per heavy atom. The number of para-hydroxylation sites is 1. The van der Waals surface area contributed by atoms with Crippen LogP contribution in [0.2, 0.25) is 0 Å². The second-order valence-electron chi connectivity index (χ2n) is 2.45. The molecule has 0 saturated heterocycles. The normalized spacial score (nSPS) is 9.75. The smallest absolute Gasteiger partial charge is 0.132 e. The second kappa shape index (κ2) is 4.45. The van der Waals surface area contributed by atoms with Crippen molar-refractivity contribution in [1.82, 2.24) is 0 Å². The van der Waals surface area contributed by atoms with Crippen LogP contribution in [0.1, 0.15) is 12.0 Å². The van der Waals surface area contributed by atoms with E-state index in [1.807, 2.05) is 18.2 Å². The lowest BCUT2D eigenvalue weighted by Gasteiger charge is -2.02. The maximum atomic E-state index is 10.1. The van der Waals surface area contributed by atoms with Crippen LogP contribution in [0.5, 0.6) is 5.75 Å². The Bertz CT molecular complexity index is 284. The van der Waals surface area contributed by atoms with Gasteiger partial charge >= 0.3 is 0 Å². The first-order valence-electron chi connectivity index (χ1n) is 3.65. The standard InChI is InChI=1S/C9H9IO2/c10-8-5-1-3-7(9(8)12)4-2-6-11/h1,3,5-6,12H,2,4H2. The molecular weight excluding hydrogens is 267 g/mol. The molecule has 0 aromatic heterocycles. The van der Waals surface area contributed by atoms with Crippen molar-refractivity contribution in [3.63, 3.8) is 0 Å². The molecule has 1 N–H and O–H groups in total. The third-order valence-electron chi connectivity index (χ3n) is 1.60. The number of aromatic hydroxyl groups is 1. The molecule has 0 saturated carbocycles. The van der Waals surface area contributed by atoms with E-state index in [4.69, 9.17) is 0 Å². The van der Waals surface area contributed by atoms with Gasteiger partial charge in [-0.3, -0.25) is 0 Å². The molecule has 0 bridgehead atoms. The topological polar surface area (TPSA) is 37.3 Å². The summed E-state index contributed by atoms with van der Waals surface area (Å²) in [5.74, 6) is 0.306. The van der Waals surface area contributed by atoms with Crippen LogP contribution >= 0.6 is 22.6 Å². The van der Waals surface area contributed by atoms with Gasteiger partial charge in [-0.2, -0.15) is 0 Å². The van der Waals surface area contributed by atoms with Crippen molar-refractivity contribution >= 4 is 28.9 Å². The van der Waals surface area contributed by atoms with Crippen molar-refractivity contribution in [1.29, 1.82) is 0 Å². The van der Waals surface area contributed by atoms with Gasteiger partial charge in [-0.1, -0.05) is 12.1 Å². The van der Waals surface area contributed by atoms with Crippen molar-refractivity contribution in [2.45, 2.75) is 12.8 Å². The highest BCUT2D eigenvalue weighted by Gasteiger charge is 2.02. The fraction of sp³-hybridized carbons (Fsp3) is 0.222. The second-order valence-corrected chi connectivity index (χ2v) is 3.62. The van der Waals surface area contributed by atoms with E-state index in [1.165, 1.54) is 0 Å². The van der Waals surface area contributed by atoms with E-state index in [1.54, 1.807) is 0 Å². The minimum Gasteiger partial charge on any atom is -0.507 e. The highest BCUT2D eigenvalue weighted by atomic mass is 127. The molecule has 0 radical (unpaired) electrons. The van der Waals surface area contributed by atoms with Crippen LogP contribution in [0.4, 0.5) is 0 Å². The summed E-state index contributed by atoms with van der Waals surface area (Å²) >= 11 is 2.06. The number of hydrogen-bond donors (Lipinski definition) is 1. The zero-order chi connectivity index (χ0) is 8.97. The molecule has 0 aliphatic carbocycles. The number of phenols is 1. The molecule has 0 atom stereocenters. The largest absolute Gasteiger partial charge is 0.507 e. The summed E-state index contributed by atoms with van der Waals surface area (Å²) in [5.41, 5.74) is 0.842. The maximum Gasteiger partial charge on any atom is 0.132 e. The SMILES string of the molecule is O=CCCc1cccc(I)c1O. The van der Waals surface area contributed by atoms with Gasteiger partial charge in [-0.15, -0.1) is 0 Å². The predicted molar refractivity (Wildman–Crippen MR) is 55.2 cm³/mol. The van der Waals surface area contributed by atoms with Gasteiger partial charge in [0.2, 0.25) is 0 Å². The van der Waals surface area contributed by atoms with Gasteiger partial charge in [-0.05, 0) is 40.6 Å². The summed E-state index contributed by atoms with van der Waals surface area (Å²) in [6.45, 7) is 0. The van der Waals surface area contributed by atoms with Crippen LogP contribution in [-0.2, 0) is 11.2 Å². The van der Waals surface area contributed by atoms with Crippen LogP contribution in [0, 0.1) is 3.57 Å². The molecule has 0 unspecified atom stereocenters. The number of carbonyl (C=O) groups excluding carboxylic acids is 1. The molecule has 64 valence electrons. The number of benzene rings is 1. The molecule has 0 heterocycles. The number of hydrogen-bond acceptors (Lipinski definition) is 2. The van der Waals surface area contributed by atoms with Crippen LogP contribution in [0.15, 0.2) is 18.2 Å². The summed E-state index contributed by atoms with van der Waals surface area (Å²) in [4.78, 5) is 10.1. The molecule has 0 aliphatic rings. The van der Waals surface area contributed by atoms with Gasteiger partial charge in [0.05, 0.1) is 3.57 Å². The number of aldehydes is 1. The van der Waals surface area contributed by atoms with E-state index >= 15 is 0 Å². The summed E-state index contributed by atoms with van der Waals surface area (Å²) < 4.78 is 0.830. The monoisotopic (exact) mass is 276 g/mol. The Labute approximate surface area is 84.7 Å². The molecule has 2 nitrogen and oxygen atoms in total. The van der Waals surface area contributed by atoms with Crippen LogP contribution < -0.4 is 0 Å². The van der Waals surface area contributed by atoms with Gasteiger partial charge in [0.15, 0.2) is 0 Å². The summed E-state index contributed by atoms with van der Waals surface area (Å²) in [5, 5.41) is 9.50. The Morgan fingerprint density at radius 2 is 2.25 bits per heavy atom. The van der Waals surface area contributed by atoms with Crippen LogP contribution in [0.3, 0.4) is 0 Å². The first-order chi connectivity index (χ1) is 5.75. The van der Waals surface area contributed by atoms with E-state index in [0.29, 0.717) is 18.6 Å². The summed E-state index contributed by atoms with van der Waals surface area (Å²) in [6, 6.07) is 5.54. The van der Waals surface area contributed by atoms with Crippen molar-refractivity contribution < 1.29 is 9.90 Å². The Balaban J connectivity index is 2.84. The summed E-state index contributed by atoms with van der Waals surface area (Å²) in [7, 11) is 0. The third-order valence-corrected chi connectivity index (χ3v) is 2.47. The molecule has 0 aliphatic heterocycles. The van der Waals surface area contributed by atoms with Gasteiger partial charge in [0.25, 0.3) is 0 Å². The van der Waals surface area contributed by atoms with Gasteiger partial charge in [0.1, 0.15) is 12.0 Å². The lowest BCUT2D eigenvalue weighted by Crippen LogP contribution is -1.88. The zero-order valence-corrected chi connectivity index (χ0v) is 8.61. The fourth-order valence-electron chi connectivity index (χ4n) is 0.976. The molecule has 0 fully saturated rings. The van der Waals surface area contributed by atoms with Crippen LogP contribution in [0.25, 0.3) is 0 Å². The van der Waals surface area contributed by atoms with E-state index in [-0.39, 0.29) is 0 Å². The molecule has 12 heavy (non-hydrogen) atoms. The maximum absolute atomic E-state index is 10.1. The van der Waals surface area contributed by atoms with Gasteiger partial charge in [-0.25, -0.2) is 0 Å². The number of phenolic OH excluding ortho intramolecular Hbond substituents is 1. The average molecular weight is 276 g/mol. The van der Waals surface area contributed by atoms with Gasteiger partial charge in [0, 0.05) is 6.42 Å². The minimum atomic E-state index is 0.306. The molecule has 0 amide bonds. The highest BCUT2D eigenvalue weighted by Crippen LogP contribution is 2.24. The number of carbonyl (C=O) groups is 1. The van der Waals surface area contributed by atoms with Gasteiger partial charge < -0.3 is 9.90 Å². The molecule has 1 aromatic rings. The number of rotatable bonds is 3. The quantitative estimate of drug-likeness (QED) is 0.678.